The molecular weight excluding hydrogens is 889 g/mol. The standard InChI is InChI=1S/C66H110O6/c1-4-7-10-13-16-19-21-23-24-25-26-27-28-29-30-31-32-33-34-35-36-37-38-39-40-41-42-44-45-47-50-53-56-59-65(68)71-62-63(61-70-64(67)58-55-52-49-18-15-12-9-6-3)72-66(69)60-57-54-51-48-46-43-22-20-17-14-11-8-5-2/h7,10,16,19-20,22-24,26-27,29-30,32-33,35-36,38-39,63H,4-6,8-9,11-15,17-18,21,25,28,31,34,37,40-62H2,1-3H3/b10-7-,19-16-,22-20-,24-23-,27-26-,30-29-,33-32-,36-35-,39-38-. The predicted octanol–water partition coefficient (Wildman–Crippen LogP) is 20.3. The molecule has 0 aliphatic carbocycles. The van der Waals surface area contributed by atoms with Gasteiger partial charge in [0.15, 0.2) is 6.10 Å². The fourth-order valence-corrected chi connectivity index (χ4v) is 8.04. The lowest BCUT2D eigenvalue weighted by Gasteiger charge is -2.18. The first kappa shape index (κ1) is 68.1. The van der Waals surface area contributed by atoms with Gasteiger partial charge in [-0.15, -0.1) is 0 Å². The lowest BCUT2D eigenvalue weighted by molar-refractivity contribution is -0.167. The normalized spacial score (nSPS) is 12.9. The molecule has 6 nitrogen and oxygen atoms in total. The van der Waals surface area contributed by atoms with Crippen LogP contribution in [0.15, 0.2) is 109 Å². The molecule has 0 radical (unpaired) electrons. The van der Waals surface area contributed by atoms with Gasteiger partial charge in [0, 0.05) is 19.3 Å². The van der Waals surface area contributed by atoms with E-state index in [-0.39, 0.29) is 31.1 Å². The number of ether oxygens (including phenoxy) is 3. The second-order valence-corrected chi connectivity index (χ2v) is 19.5. The first-order valence-corrected chi connectivity index (χ1v) is 29.9. The molecule has 0 aromatic heterocycles. The molecule has 0 amide bonds. The van der Waals surface area contributed by atoms with Crippen LogP contribution in [-0.4, -0.2) is 37.2 Å². The molecule has 6 heteroatoms. The molecule has 0 rings (SSSR count). The van der Waals surface area contributed by atoms with E-state index in [9.17, 15) is 14.4 Å². The molecule has 0 aromatic carbocycles. The maximum Gasteiger partial charge on any atom is 0.306 e. The Bertz CT molecular complexity index is 1470. The summed E-state index contributed by atoms with van der Waals surface area (Å²) in [4.78, 5) is 38.0. The van der Waals surface area contributed by atoms with Crippen LogP contribution in [0.1, 0.15) is 271 Å². The second-order valence-electron chi connectivity index (χ2n) is 19.5. The summed E-state index contributed by atoms with van der Waals surface area (Å²) in [6.45, 7) is 6.47. The molecule has 0 saturated heterocycles. The molecule has 1 unspecified atom stereocenters. The third-order valence-electron chi connectivity index (χ3n) is 12.5. The number of hydrogen-bond donors (Lipinski definition) is 0. The largest absolute Gasteiger partial charge is 0.462 e. The lowest BCUT2D eigenvalue weighted by atomic mass is 10.1. The van der Waals surface area contributed by atoms with E-state index in [1.165, 1.54) is 103 Å². The first-order valence-electron chi connectivity index (χ1n) is 29.9. The van der Waals surface area contributed by atoms with E-state index in [1.807, 2.05) is 0 Å². The van der Waals surface area contributed by atoms with E-state index in [0.717, 1.165) is 128 Å². The highest BCUT2D eigenvalue weighted by Crippen LogP contribution is 2.15. The van der Waals surface area contributed by atoms with Gasteiger partial charge in [-0.05, 0) is 109 Å². The molecule has 0 aromatic rings. The number of esters is 3. The van der Waals surface area contributed by atoms with Gasteiger partial charge < -0.3 is 14.2 Å². The minimum absolute atomic E-state index is 0.0824. The van der Waals surface area contributed by atoms with Crippen molar-refractivity contribution in [1.29, 1.82) is 0 Å². The molecule has 1 atom stereocenters. The van der Waals surface area contributed by atoms with Crippen molar-refractivity contribution in [3.05, 3.63) is 109 Å². The van der Waals surface area contributed by atoms with Gasteiger partial charge in [0.2, 0.25) is 0 Å². The Morgan fingerprint density at radius 3 is 0.875 bits per heavy atom. The van der Waals surface area contributed by atoms with Crippen molar-refractivity contribution in [2.45, 2.75) is 277 Å². The van der Waals surface area contributed by atoms with Crippen LogP contribution in [0.4, 0.5) is 0 Å². The van der Waals surface area contributed by atoms with Crippen LogP contribution < -0.4 is 0 Å². The Labute approximate surface area is 444 Å². The molecule has 0 heterocycles. The smallest absolute Gasteiger partial charge is 0.306 e. The van der Waals surface area contributed by atoms with Gasteiger partial charge in [0.1, 0.15) is 13.2 Å². The number of carbonyl (C=O) groups excluding carboxylic acids is 3. The average Bonchev–Trinajstić information content (AvgIpc) is 3.38. The van der Waals surface area contributed by atoms with E-state index in [1.54, 1.807) is 0 Å². The fourth-order valence-electron chi connectivity index (χ4n) is 8.04. The molecule has 72 heavy (non-hydrogen) atoms. The van der Waals surface area contributed by atoms with Gasteiger partial charge in [-0.3, -0.25) is 14.4 Å². The topological polar surface area (TPSA) is 78.9 Å². The Morgan fingerprint density at radius 2 is 0.542 bits per heavy atom. The van der Waals surface area contributed by atoms with E-state index in [2.05, 4.69) is 130 Å². The highest BCUT2D eigenvalue weighted by Gasteiger charge is 2.19. The van der Waals surface area contributed by atoms with Crippen molar-refractivity contribution in [2.75, 3.05) is 13.2 Å². The molecule has 0 N–H and O–H groups in total. The highest BCUT2D eigenvalue weighted by atomic mass is 16.6. The van der Waals surface area contributed by atoms with E-state index < -0.39 is 6.10 Å². The average molecular weight is 1000 g/mol. The third-order valence-corrected chi connectivity index (χ3v) is 12.5. The molecule has 0 aliphatic heterocycles. The second kappa shape index (κ2) is 59.6. The molecular formula is C66H110O6. The number of carbonyl (C=O) groups is 3. The summed E-state index contributed by atoms with van der Waals surface area (Å²) >= 11 is 0. The van der Waals surface area contributed by atoms with Crippen molar-refractivity contribution < 1.29 is 28.6 Å². The van der Waals surface area contributed by atoms with Crippen molar-refractivity contribution in [3.63, 3.8) is 0 Å². The third kappa shape index (κ3) is 57.0. The summed E-state index contributed by atoms with van der Waals surface area (Å²) in [5, 5.41) is 0. The van der Waals surface area contributed by atoms with Crippen LogP contribution in [0, 0.1) is 0 Å². The summed E-state index contributed by atoms with van der Waals surface area (Å²) in [6, 6.07) is 0. The number of rotatable bonds is 53. The Kier molecular flexibility index (Phi) is 56.4. The van der Waals surface area contributed by atoms with E-state index in [4.69, 9.17) is 14.2 Å². The zero-order chi connectivity index (χ0) is 52.2. The van der Waals surface area contributed by atoms with Crippen molar-refractivity contribution >= 4 is 17.9 Å². The predicted molar refractivity (Wildman–Crippen MR) is 311 cm³/mol. The first-order chi connectivity index (χ1) is 35.5. The highest BCUT2D eigenvalue weighted by molar-refractivity contribution is 5.71. The summed E-state index contributed by atoms with van der Waals surface area (Å²) in [7, 11) is 0. The number of unbranched alkanes of at least 4 members (excludes halogenated alkanes) is 24. The van der Waals surface area contributed by atoms with Crippen molar-refractivity contribution in [1.82, 2.24) is 0 Å². The van der Waals surface area contributed by atoms with E-state index in [0.29, 0.717) is 19.3 Å². The van der Waals surface area contributed by atoms with Crippen molar-refractivity contribution in [3.8, 4) is 0 Å². The summed E-state index contributed by atoms with van der Waals surface area (Å²) in [6.07, 6.45) is 81.0. The van der Waals surface area contributed by atoms with Crippen molar-refractivity contribution in [2.24, 2.45) is 0 Å². The summed E-state index contributed by atoms with van der Waals surface area (Å²) < 4.78 is 16.8. The summed E-state index contributed by atoms with van der Waals surface area (Å²) in [5.41, 5.74) is 0. The van der Waals surface area contributed by atoms with Gasteiger partial charge >= 0.3 is 17.9 Å². The molecule has 0 saturated carbocycles. The zero-order valence-electron chi connectivity index (χ0n) is 46.9. The molecule has 0 spiro atoms. The zero-order valence-corrected chi connectivity index (χ0v) is 46.9. The van der Waals surface area contributed by atoms with Gasteiger partial charge in [0.05, 0.1) is 0 Å². The molecule has 410 valence electrons. The Hall–Kier alpha value is -3.93. The Morgan fingerprint density at radius 1 is 0.292 bits per heavy atom. The molecule has 0 aliphatic rings. The number of allylic oxidation sites excluding steroid dienone is 18. The van der Waals surface area contributed by atoms with Crippen LogP contribution in [0.5, 0.6) is 0 Å². The maximum absolute atomic E-state index is 12.8. The fraction of sp³-hybridized carbons (Fsp3) is 0.682. The minimum Gasteiger partial charge on any atom is -0.462 e. The van der Waals surface area contributed by atoms with Gasteiger partial charge in [-0.1, -0.05) is 252 Å². The maximum atomic E-state index is 12.8. The van der Waals surface area contributed by atoms with Crippen LogP contribution in [-0.2, 0) is 28.6 Å². The summed E-state index contributed by atoms with van der Waals surface area (Å²) in [5.74, 6) is -0.904. The number of hydrogen-bond acceptors (Lipinski definition) is 6. The molecule has 0 fully saturated rings. The van der Waals surface area contributed by atoms with Gasteiger partial charge in [-0.25, -0.2) is 0 Å². The quantitative estimate of drug-likeness (QED) is 0.0261. The Balaban J connectivity index is 4.15. The monoisotopic (exact) mass is 999 g/mol. The van der Waals surface area contributed by atoms with Crippen LogP contribution in [0.2, 0.25) is 0 Å². The van der Waals surface area contributed by atoms with Gasteiger partial charge in [0.25, 0.3) is 0 Å². The van der Waals surface area contributed by atoms with Crippen LogP contribution in [0.3, 0.4) is 0 Å². The minimum atomic E-state index is -0.783. The lowest BCUT2D eigenvalue weighted by Crippen LogP contribution is -2.30. The van der Waals surface area contributed by atoms with Gasteiger partial charge in [-0.2, -0.15) is 0 Å². The van der Waals surface area contributed by atoms with Crippen LogP contribution >= 0.6 is 0 Å². The molecule has 0 bridgehead atoms. The van der Waals surface area contributed by atoms with Crippen LogP contribution in [0.25, 0.3) is 0 Å². The SMILES string of the molecule is CC/C=C\C/C=C\C/C=C\C/C=C\C/C=C\C/C=C\C/C=C\C/C=C\CCCCCCCCCCC(=O)OCC(COC(=O)CCCCCCCCCC)OC(=O)CCCCCCC/C=C\CCCCCC. The van der Waals surface area contributed by atoms with E-state index >= 15 is 0 Å².